The molecule has 1 N–H and O–H groups in total. The van der Waals surface area contributed by atoms with E-state index in [1.165, 1.54) is 13.0 Å². The summed E-state index contributed by atoms with van der Waals surface area (Å²) >= 11 is 0. The molecule has 5 nitrogen and oxygen atoms in total. The summed E-state index contributed by atoms with van der Waals surface area (Å²) in [5.74, 6) is 0.192. The van der Waals surface area contributed by atoms with Crippen molar-refractivity contribution in [3.63, 3.8) is 0 Å². The molecule has 0 aliphatic heterocycles. The van der Waals surface area contributed by atoms with Crippen molar-refractivity contribution in [3.8, 4) is 0 Å². The van der Waals surface area contributed by atoms with Gasteiger partial charge in [-0.15, -0.1) is 0 Å². The third kappa shape index (κ3) is 2.41. The van der Waals surface area contributed by atoms with Crippen LogP contribution >= 0.6 is 0 Å². The number of sulfone groups is 1. The van der Waals surface area contributed by atoms with Crippen LogP contribution in [0.3, 0.4) is 0 Å². The van der Waals surface area contributed by atoms with Crippen LogP contribution in [0, 0.1) is 6.92 Å². The van der Waals surface area contributed by atoms with Crippen LogP contribution in [0.1, 0.15) is 23.7 Å². The standard InChI is InChI=1S/C8H12N2O3S/c1-5-4-7(11)10-8(9-5)6(2)14(3,12)13/h4,6H,1-3H3,(H,9,10,11). The first-order valence-electron chi connectivity index (χ1n) is 4.07. The number of H-pyrrole nitrogens is 1. The Bertz CT molecular complexity index is 490. The molecule has 0 aliphatic rings. The lowest BCUT2D eigenvalue weighted by atomic mass is 10.4. The number of aromatic amines is 1. The van der Waals surface area contributed by atoms with Crippen molar-refractivity contribution in [2.45, 2.75) is 19.1 Å². The summed E-state index contributed by atoms with van der Waals surface area (Å²) in [5, 5.41) is -0.782. The van der Waals surface area contributed by atoms with Gasteiger partial charge >= 0.3 is 0 Å². The summed E-state index contributed by atoms with van der Waals surface area (Å²) in [6.07, 6.45) is 1.11. The molecule has 1 heterocycles. The Morgan fingerprint density at radius 3 is 2.50 bits per heavy atom. The van der Waals surface area contributed by atoms with Crippen molar-refractivity contribution < 1.29 is 8.42 Å². The predicted octanol–water partition coefficient (Wildman–Crippen LogP) is 0.184. The molecular formula is C8H12N2O3S. The fraction of sp³-hybridized carbons (Fsp3) is 0.500. The van der Waals surface area contributed by atoms with Crippen LogP contribution in [-0.4, -0.2) is 24.6 Å². The fourth-order valence-electron chi connectivity index (χ4n) is 0.998. The first kappa shape index (κ1) is 10.9. The fourth-order valence-corrected chi connectivity index (χ4v) is 1.51. The van der Waals surface area contributed by atoms with E-state index in [1.54, 1.807) is 6.92 Å². The minimum atomic E-state index is -3.22. The molecule has 0 aliphatic carbocycles. The van der Waals surface area contributed by atoms with Crippen LogP contribution in [0.4, 0.5) is 0 Å². The third-order valence-corrected chi connectivity index (χ3v) is 3.42. The molecule has 1 aromatic rings. The van der Waals surface area contributed by atoms with Crippen LogP contribution in [0.15, 0.2) is 10.9 Å². The van der Waals surface area contributed by atoms with Gasteiger partial charge in [0.25, 0.3) is 5.56 Å². The smallest absolute Gasteiger partial charge is 0.251 e. The van der Waals surface area contributed by atoms with Gasteiger partial charge in [-0.25, -0.2) is 13.4 Å². The number of aromatic nitrogens is 2. The van der Waals surface area contributed by atoms with E-state index >= 15 is 0 Å². The molecule has 0 amide bonds. The molecule has 0 aromatic carbocycles. The quantitative estimate of drug-likeness (QED) is 0.765. The van der Waals surface area contributed by atoms with Crippen molar-refractivity contribution in [1.29, 1.82) is 0 Å². The Hall–Kier alpha value is -1.17. The zero-order chi connectivity index (χ0) is 10.9. The summed E-state index contributed by atoms with van der Waals surface area (Å²) < 4.78 is 22.4. The van der Waals surface area contributed by atoms with E-state index < -0.39 is 15.1 Å². The first-order valence-corrected chi connectivity index (χ1v) is 6.03. The number of hydrogen-bond donors (Lipinski definition) is 1. The minimum Gasteiger partial charge on any atom is -0.309 e. The van der Waals surface area contributed by atoms with Gasteiger partial charge in [-0.1, -0.05) is 0 Å². The van der Waals surface area contributed by atoms with Gasteiger partial charge in [0, 0.05) is 18.0 Å². The van der Waals surface area contributed by atoms with E-state index in [9.17, 15) is 13.2 Å². The minimum absolute atomic E-state index is 0.192. The Balaban J connectivity index is 3.27. The second-order valence-corrected chi connectivity index (χ2v) is 5.61. The van der Waals surface area contributed by atoms with Crippen molar-refractivity contribution in [3.05, 3.63) is 27.9 Å². The normalized spacial score (nSPS) is 13.9. The largest absolute Gasteiger partial charge is 0.309 e. The van der Waals surface area contributed by atoms with Gasteiger partial charge in [0.2, 0.25) is 0 Å². The maximum absolute atomic E-state index is 11.2. The van der Waals surface area contributed by atoms with E-state index in [0.29, 0.717) is 5.69 Å². The molecule has 0 bridgehead atoms. The van der Waals surface area contributed by atoms with Crippen molar-refractivity contribution in [1.82, 2.24) is 9.97 Å². The molecule has 0 saturated heterocycles. The van der Waals surface area contributed by atoms with Gasteiger partial charge in [0.15, 0.2) is 9.84 Å². The van der Waals surface area contributed by atoms with Gasteiger partial charge in [0.05, 0.1) is 0 Å². The van der Waals surface area contributed by atoms with Crippen LogP contribution in [0.2, 0.25) is 0 Å². The monoisotopic (exact) mass is 216 g/mol. The molecule has 14 heavy (non-hydrogen) atoms. The molecule has 1 rings (SSSR count). The summed E-state index contributed by atoms with van der Waals surface area (Å²) in [4.78, 5) is 17.4. The van der Waals surface area contributed by atoms with Crippen LogP contribution in [-0.2, 0) is 9.84 Å². The number of nitrogens with zero attached hydrogens (tertiary/aromatic N) is 1. The van der Waals surface area contributed by atoms with Crippen molar-refractivity contribution in [2.75, 3.05) is 6.26 Å². The van der Waals surface area contributed by atoms with E-state index in [4.69, 9.17) is 0 Å². The van der Waals surface area contributed by atoms with Crippen LogP contribution in [0.25, 0.3) is 0 Å². The highest BCUT2D eigenvalue weighted by molar-refractivity contribution is 7.90. The van der Waals surface area contributed by atoms with Crippen molar-refractivity contribution >= 4 is 9.84 Å². The molecular weight excluding hydrogens is 204 g/mol. The first-order chi connectivity index (χ1) is 6.30. The zero-order valence-corrected chi connectivity index (χ0v) is 9.05. The highest BCUT2D eigenvalue weighted by Crippen LogP contribution is 2.15. The van der Waals surface area contributed by atoms with Gasteiger partial charge in [-0.3, -0.25) is 4.79 Å². The van der Waals surface area contributed by atoms with Gasteiger partial charge in [-0.05, 0) is 13.8 Å². The predicted molar refractivity (Wildman–Crippen MR) is 52.9 cm³/mol. The van der Waals surface area contributed by atoms with Gasteiger partial charge in [-0.2, -0.15) is 0 Å². The zero-order valence-electron chi connectivity index (χ0n) is 8.23. The third-order valence-electron chi connectivity index (χ3n) is 1.92. The number of nitrogens with one attached hydrogen (secondary N) is 1. The van der Waals surface area contributed by atoms with Crippen LogP contribution < -0.4 is 5.56 Å². The number of aryl methyl sites for hydroxylation is 1. The van der Waals surface area contributed by atoms with Gasteiger partial charge in [0.1, 0.15) is 11.1 Å². The maximum Gasteiger partial charge on any atom is 0.251 e. The average molecular weight is 216 g/mol. The Labute approximate surface area is 82.1 Å². The number of rotatable bonds is 2. The molecule has 0 fully saturated rings. The van der Waals surface area contributed by atoms with Crippen molar-refractivity contribution in [2.24, 2.45) is 0 Å². The molecule has 0 spiro atoms. The van der Waals surface area contributed by atoms with E-state index in [2.05, 4.69) is 9.97 Å². The lowest BCUT2D eigenvalue weighted by molar-refractivity contribution is 0.588. The molecule has 78 valence electrons. The molecule has 0 radical (unpaired) electrons. The van der Waals surface area contributed by atoms with E-state index in [-0.39, 0.29) is 11.4 Å². The average Bonchev–Trinajstić information content (AvgIpc) is 1.99. The second-order valence-electron chi connectivity index (χ2n) is 3.24. The second kappa shape index (κ2) is 3.53. The lowest BCUT2D eigenvalue weighted by Gasteiger charge is -2.08. The highest BCUT2D eigenvalue weighted by atomic mass is 32.2. The summed E-state index contributed by atoms with van der Waals surface area (Å²) in [7, 11) is -3.22. The highest BCUT2D eigenvalue weighted by Gasteiger charge is 2.19. The summed E-state index contributed by atoms with van der Waals surface area (Å²) in [5.41, 5.74) is 0.183. The SMILES string of the molecule is Cc1cc(=O)[nH]c(C(C)S(C)(=O)=O)n1. The van der Waals surface area contributed by atoms with E-state index in [0.717, 1.165) is 6.26 Å². The number of hydrogen-bond acceptors (Lipinski definition) is 4. The van der Waals surface area contributed by atoms with Crippen LogP contribution in [0.5, 0.6) is 0 Å². The molecule has 1 unspecified atom stereocenters. The maximum atomic E-state index is 11.2. The topological polar surface area (TPSA) is 79.9 Å². The Morgan fingerprint density at radius 1 is 1.50 bits per heavy atom. The molecule has 6 heteroatoms. The molecule has 1 atom stereocenters. The van der Waals surface area contributed by atoms with E-state index in [1.807, 2.05) is 0 Å². The summed E-state index contributed by atoms with van der Waals surface area (Å²) in [6, 6.07) is 1.32. The molecule has 1 aromatic heterocycles. The molecule has 0 saturated carbocycles. The Morgan fingerprint density at radius 2 is 2.07 bits per heavy atom. The Kier molecular flexibility index (Phi) is 2.75. The lowest BCUT2D eigenvalue weighted by Crippen LogP contribution is -2.17. The summed E-state index contributed by atoms with van der Waals surface area (Å²) in [6.45, 7) is 3.14. The van der Waals surface area contributed by atoms with Gasteiger partial charge < -0.3 is 4.98 Å².